The fourth-order valence-electron chi connectivity index (χ4n) is 3.12. The van der Waals surface area contributed by atoms with E-state index >= 15 is 0 Å². The number of carbonyl (C=O) groups is 1. The molecule has 2 aromatic carbocycles. The number of hydrogen-bond donors (Lipinski definition) is 1. The molecule has 0 aliphatic heterocycles. The third kappa shape index (κ3) is 4.47. The van der Waals surface area contributed by atoms with Gasteiger partial charge >= 0.3 is 0 Å². The Balaban J connectivity index is 1.57. The highest BCUT2D eigenvalue weighted by molar-refractivity contribution is 7.99. The maximum absolute atomic E-state index is 12.6. The fourth-order valence-corrected chi connectivity index (χ4v) is 4.57. The van der Waals surface area contributed by atoms with E-state index in [1.54, 1.807) is 11.3 Å². The van der Waals surface area contributed by atoms with E-state index in [2.05, 4.69) is 53.6 Å². The van der Waals surface area contributed by atoms with Crippen LogP contribution in [0.3, 0.4) is 0 Å². The molecule has 4 rings (SSSR count). The number of benzene rings is 2. The topological polar surface area (TPSA) is 59.8 Å². The molecule has 2 heterocycles. The Hall–Kier alpha value is -2.90. The third-order valence-corrected chi connectivity index (χ3v) is 6.47. The molecule has 30 heavy (non-hydrogen) atoms. The molecule has 0 saturated heterocycles. The molecule has 4 aromatic rings. The quantitative estimate of drug-likeness (QED) is 0.385. The molecule has 7 heteroatoms. The Morgan fingerprint density at radius 2 is 1.87 bits per heavy atom. The van der Waals surface area contributed by atoms with Crippen molar-refractivity contribution in [1.29, 1.82) is 0 Å². The Morgan fingerprint density at radius 3 is 2.60 bits per heavy atom. The average molecular weight is 435 g/mol. The summed E-state index contributed by atoms with van der Waals surface area (Å²) in [7, 11) is 0. The van der Waals surface area contributed by atoms with Gasteiger partial charge in [-0.1, -0.05) is 60.6 Å². The van der Waals surface area contributed by atoms with E-state index in [1.807, 2.05) is 46.3 Å². The summed E-state index contributed by atoms with van der Waals surface area (Å²) in [5.74, 6) is 0.983. The van der Waals surface area contributed by atoms with Crippen LogP contribution in [0.4, 0.5) is 5.69 Å². The van der Waals surface area contributed by atoms with E-state index in [1.165, 1.54) is 17.3 Å². The molecule has 0 atom stereocenters. The molecule has 0 unspecified atom stereocenters. The smallest absolute Gasteiger partial charge is 0.234 e. The first-order valence-electron chi connectivity index (χ1n) is 9.72. The second-order valence-electron chi connectivity index (χ2n) is 6.80. The number of anilines is 1. The molecule has 1 amide bonds. The molecular formula is C23H22N4OS2. The zero-order chi connectivity index (χ0) is 20.9. The fraction of sp³-hybridized carbons (Fsp3) is 0.174. The highest BCUT2D eigenvalue weighted by Gasteiger charge is 2.18. The van der Waals surface area contributed by atoms with Crippen molar-refractivity contribution in [2.75, 3.05) is 11.1 Å². The van der Waals surface area contributed by atoms with Gasteiger partial charge in [0.15, 0.2) is 11.0 Å². The summed E-state index contributed by atoms with van der Waals surface area (Å²) >= 11 is 3.01. The second kappa shape index (κ2) is 9.28. The van der Waals surface area contributed by atoms with E-state index in [4.69, 9.17) is 0 Å². The maximum atomic E-state index is 12.6. The summed E-state index contributed by atoms with van der Waals surface area (Å²) in [6, 6.07) is 20.2. The van der Waals surface area contributed by atoms with E-state index in [0.717, 1.165) is 34.1 Å². The summed E-state index contributed by atoms with van der Waals surface area (Å²) in [4.78, 5) is 13.6. The zero-order valence-electron chi connectivity index (χ0n) is 16.8. The van der Waals surface area contributed by atoms with Gasteiger partial charge in [-0.2, -0.15) is 0 Å². The van der Waals surface area contributed by atoms with Crippen molar-refractivity contribution in [2.45, 2.75) is 25.4 Å². The van der Waals surface area contributed by atoms with Crippen LogP contribution in [0.15, 0.2) is 71.2 Å². The van der Waals surface area contributed by atoms with Gasteiger partial charge in [0.1, 0.15) is 0 Å². The maximum Gasteiger partial charge on any atom is 0.234 e. The van der Waals surface area contributed by atoms with E-state index in [-0.39, 0.29) is 11.7 Å². The number of nitrogens with one attached hydrogen (secondary N) is 1. The molecule has 0 radical (unpaired) electrons. The first-order chi connectivity index (χ1) is 14.7. The first kappa shape index (κ1) is 20.4. The van der Waals surface area contributed by atoms with E-state index in [9.17, 15) is 4.79 Å². The van der Waals surface area contributed by atoms with Crippen LogP contribution in [0, 0.1) is 6.92 Å². The van der Waals surface area contributed by atoms with Gasteiger partial charge in [-0.25, -0.2) is 0 Å². The number of thiophene rings is 1. The van der Waals surface area contributed by atoms with E-state index in [0.29, 0.717) is 5.16 Å². The van der Waals surface area contributed by atoms with Crippen molar-refractivity contribution >= 4 is 34.7 Å². The van der Waals surface area contributed by atoms with Crippen LogP contribution in [0.1, 0.15) is 18.1 Å². The Bertz CT molecular complexity index is 1130. The van der Waals surface area contributed by atoms with Crippen molar-refractivity contribution in [1.82, 2.24) is 14.8 Å². The Labute approximate surface area is 184 Å². The number of aryl methyl sites for hydroxylation is 2. The monoisotopic (exact) mass is 434 g/mol. The normalized spacial score (nSPS) is 10.9. The number of amides is 1. The number of nitrogens with zero attached hydrogens (tertiary/aromatic N) is 3. The van der Waals surface area contributed by atoms with Crippen LogP contribution >= 0.6 is 23.1 Å². The molecule has 152 valence electrons. The number of rotatable bonds is 7. The summed E-state index contributed by atoms with van der Waals surface area (Å²) in [6.07, 6.45) is 0.871. The van der Waals surface area contributed by atoms with Crippen molar-refractivity contribution in [2.24, 2.45) is 0 Å². The minimum atomic E-state index is -0.0583. The molecule has 0 aliphatic carbocycles. The lowest BCUT2D eigenvalue weighted by atomic mass is 10.1. The van der Waals surface area contributed by atoms with Gasteiger partial charge in [-0.15, -0.1) is 21.5 Å². The van der Waals surface area contributed by atoms with E-state index < -0.39 is 0 Å². The molecule has 0 spiro atoms. The number of para-hydroxylation sites is 1. The van der Waals surface area contributed by atoms with Gasteiger partial charge in [0.05, 0.1) is 10.6 Å². The summed E-state index contributed by atoms with van der Waals surface area (Å²) in [6.45, 7) is 4.14. The molecule has 5 nitrogen and oxygen atoms in total. The molecule has 0 fully saturated rings. The molecule has 0 bridgehead atoms. The zero-order valence-corrected chi connectivity index (χ0v) is 18.5. The number of aromatic nitrogens is 3. The number of thioether (sulfide) groups is 1. The molecular weight excluding hydrogens is 412 g/mol. The lowest BCUT2D eigenvalue weighted by Gasteiger charge is -2.11. The Morgan fingerprint density at radius 1 is 1.07 bits per heavy atom. The van der Waals surface area contributed by atoms with Crippen LogP contribution in [0.2, 0.25) is 0 Å². The van der Waals surface area contributed by atoms with Crippen LogP contribution in [0.25, 0.3) is 16.4 Å². The molecule has 0 aliphatic rings. The van der Waals surface area contributed by atoms with Gasteiger partial charge < -0.3 is 5.32 Å². The number of hydrogen-bond acceptors (Lipinski definition) is 5. The van der Waals surface area contributed by atoms with Crippen molar-refractivity contribution < 1.29 is 4.79 Å². The van der Waals surface area contributed by atoms with Crippen LogP contribution in [0.5, 0.6) is 0 Å². The minimum absolute atomic E-state index is 0.0583. The van der Waals surface area contributed by atoms with Crippen molar-refractivity contribution in [3.63, 3.8) is 0 Å². The van der Waals surface area contributed by atoms with Crippen LogP contribution < -0.4 is 5.32 Å². The minimum Gasteiger partial charge on any atom is -0.325 e. The predicted molar refractivity (Wildman–Crippen MR) is 125 cm³/mol. The summed E-state index contributed by atoms with van der Waals surface area (Å²) in [5, 5.41) is 14.5. The van der Waals surface area contributed by atoms with Crippen molar-refractivity contribution in [3.05, 3.63) is 77.2 Å². The van der Waals surface area contributed by atoms with Gasteiger partial charge in [0, 0.05) is 11.4 Å². The lowest BCUT2D eigenvalue weighted by molar-refractivity contribution is -0.113. The summed E-state index contributed by atoms with van der Waals surface area (Å²) in [5.41, 5.74) is 4.16. The SMILES string of the molecule is CCc1ccccc1NC(=O)CSc1nnc(-c2cccs2)n1-c1ccc(C)cc1. The average Bonchev–Trinajstić information content (AvgIpc) is 3.43. The Kier molecular flexibility index (Phi) is 6.30. The summed E-state index contributed by atoms with van der Waals surface area (Å²) < 4.78 is 2.02. The van der Waals surface area contributed by atoms with Gasteiger partial charge in [-0.3, -0.25) is 9.36 Å². The van der Waals surface area contributed by atoms with Gasteiger partial charge in [-0.05, 0) is 48.6 Å². The van der Waals surface area contributed by atoms with Gasteiger partial charge in [0.25, 0.3) is 0 Å². The highest BCUT2D eigenvalue weighted by Crippen LogP contribution is 2.30. The van der Waals surface area contributed by atoms with Crippen molar-refractivity contribution in [3.8, 4) is 16.4 Å². The third-order valence-electron chi connectivity index (χ3n) is 4.67. The molecule has 1 N–H and O–H groups in total. The molecule has 0 saturated carbocycles. The lowest BCUT2D eigenvalue weighted by Crippen LogP contribution is -2.15. The van der Waals surface area contributed by atoms with Crippen LogP contribution in [-0.4, -0.2) is 26.4 Å². The first-order valence-corrected chi connectivity index (χ1v) is 11.6. The second-order valence-corrected chi connectivity index (χ2v) is 8.69. The highest BCUT2D eigenvalue weighted by atomic mass is 32.2. The number of carbonyl (C=O) groups excluding carboxylic acids is 1. The standard InChI is InChI=1S/C23H22N4OS2/c1-3-17-7-4-5-8-19(17)24-21(28)15-30-23-26-25-22(20-9-6-14-29-20)27(23)18-12-10-16(2)11-13-18/h4-14H,3,15H2,1-2H3,(H,24,28). The largest absolute Gasteiger partial charge is 0.325 e. The predicted octanol–water partition coefficient (Wildman–Crippen LogP) is 5.60. The van der Waals surface area contributed by atoms with Crippen LogP contribution in [-0.2, 0) is 11.2 Å². The molecule has 2 aromatic heterocycles. The van der Waals surface area contributed by atoms with Gasteiger partial charge in [0.2, 0.25) is 5.91 Å².